The van der Waals surface area contributed by atoms with Gasteiger partial charge in [0.2, 0.25) is 10.0 Å². The lowest BCUT2D eigenvalue weighted by Gasteiger charge is -2.14. The van der Waals surface area contributed by atoms with Crippen LogP contribution in [0.3, 0.4) is 0 Å². The Morgan fingerprint density at radius 1 is 1.47 bits per heavy atom. The molecule has 0 spiro atoms. The number of H-pyrrole nitrogens is 1. The molecule has 0 saturated heterocycles. The van der Waals surface area contributed by atoms with Crippen molar-refractivity contribution < 1.29 is 8.42 Å². The molecule has 0 aliphatic rings. The molecule has 1 heterocycles. The molecular weight excluding hydrogens is 240 g/mol. The summed E-state index contributed by atoms with van der Waals surface area (Å²) in [7, 11) is -3.26. The van der Waals surface area contributed by atoms with E-state index in [-0.39, 0.29) is 11.8 Å². The van der Waals surface area contributed by atoms with Gasteiger partial charge in [-0.3, -0.25) is 0 Å². The van der Waals surface area contributed by atoms with E-state index in [1.54, 1.807) is 12.4 Å². The first-order chi connectivity index (χ1) is 8.09. The monoisotopic (exact) mass is 260 g/mol. The minimum absolute atomic E-state index is 0.0814. The van der Waals surface area contributed by atoms with Gasteiger partial charge in [-0.15, -0.1) is 0 Å². The Morgan fingerprint density at radius 3 is 2.76 bits per heavy atom. The van der Waals surface area contributed by atoms with E-state index in [4.69, 9.17) is 0 Å². The maximum absolute atomic E-state index is 11.8. The number of nitrogens with zero attached hydrogens (tertiary/aromatic N) is 1. The molecule has 0 aromatic carbocycles. The molecule has 0 aliphatic carbocycles. The Kier molecular flexibility index (Phi) is 5.60. The number of hydrogen-bond acceptors (Lipinski definition) is 4. The second kappa shape index (κ2) is 6.73. The van der Waals surface area contributed by atoms with Gasteiger partial charge < -0.3 is 10.3 Å². The molecule has 17 heavy (non-hydrogen) atoms. The van der Waals surface area contributed by atoms with E-state index in [9.17, 15) is 8.42 Å². The Morgan fingerprint density at radius 2 is 2.24 bits per heavy atom. The molecule has 0 amide bonds. The van der Waals surface area contributed by atoms with E-state index in [0.29, 0.717) is 18.8 Å². The molecule has 6 nitrogen and oxygen atoms in total. The molecule has 1 atom stereocenters. The summed E-state index contributed by atoms with van der Waals surface area (Å²) in [6.45, 7) is 5.09. The van der Waals surface area contributed by atoms with Crippen molar-refractivity contribution in [1.82, 2.24) is 20.0 Å². The van der Waals surface area contributed by atoms with Crippen LogP contribution in [0.2, 0.25) is 0 Å². The molecule has 1 unspecified atom stereocenters. The van der Waals surface area contributed by atoms with Crippen molar-refractivity contribution in [2.45, 2.75) is 26.3 Å². The van der Waals surface area contributed by atoms with E-state index in [0.717, 1.165) is 6.54 Å². The highest BCUT2D eigenvalue weighted by Gasteiger charge is 2.19. The highest BCUT2D eigenvalue weighted by Crippen LogP contribution is 2.12. The fourth-order valence-corrected chi connectivity index (χ4v) is 2.70. The number of rotatable bonds is 8. The molecule has 0 saturated carbocycles. The maximum atomic E-state index is 11.8. The molecule has 1 rings (SSSR count). The first kappa shape index (κ1) is 14.1. The molecule has 98 valence electrons. The summed E-state index contributed by atoms with van der Waals surface area (Å²) in [5, 5.41) is 2.99. The molecule has 0 aliphatic heterocycles. The quantitative estimate of drug-likeness (QED) is 0.590. The summed E-state index contributed by atoms with van der Waals surface area (Å²) in [5.41, 5.74) is 0. The highest BCUT2D eigenvalue weighted by molar-refractivity contribution is 7.89. The first-order valence-electron chi connectivity index (χ1n) is 5.79. The minimum Gasteiger partial charge on any atom is -0.347 e. The third-order valence-electron chi connectivity index (χ3n) is 2.38. The third-order valence-corrected chi connectivity index (χ3v) is 3.76. The van der Waals surface area contributed by atoms with Crippen LogP contribution in [0.15, 0.2) is 12.4 Å². The van der Waals surface area contributed by atoms with Gasteiger partial charge in [-0.2, -0.15) is 0 Å². The van der Waals surface area contributed by atoms with Gasteiger partial charge in [0, 0.05) is 18.9 Å². The van der Waals surface area contributed by atoms with Crippen molar-refractivity contribution >= 4 is 10.0 Å². The number of nitrogens with one attached hydrogen (secondary N) is 3. The van der Waals surface area contributed by atoms with Crippen molar-refractivity contribution in [3.63, 3.8) is 0 Å². The van der Waals surface area contributed by atoms with Crippen LogP contribution in [0, 0.1) is 0 Å². The Balaban J connectivity index is 2.56. The van der Waals surface area contributed by atoms with E-state index >= 15 is 0 Å². The highest BCUT2D eigenvalue weighted by atomic mass is 32.2. The van der Waals surface area contributed by atoms with Crippen LogP contribution < -0.4 is 10.0 Å². The topological polar surface area (TPSA) is 86.9 Å². The predicted octanol–water partition coefficient (Wildman–Crippen LogP) is 0.390. The zero-order valence-electron chi connectivity index (χ0n) is 10.2. The fraction of sp³-hybridized carbons (Fsp3) is 0.700. The van der Waals surface area contributed by atoms with E-state index in [2.05, 4.69) is 20.0 Å². The second-order valence-corrected chi connectivity index (χ2v) is 5.60. The Bertz CT molecular complexity index is 402. The van der Waals surface area contributed by atoms with Crippen LogP contribution in [-0.4, -0.2) is 37.2 Å². The number of hydrogen-bond donors (Lipinski definition) is 3. The molecule has 0 bridgehead atoms. The van der Waals surface area contributed by atoms with Crippen LogP contribution in [-0.2, 0) is 10.0 Å². The summed E-state index contributed by atoms with van der Waals surface area (Å²) in [6, 6.07) is -0.281. The van der Waals surface area contributed by atoms with Crippen molar-refractivity contribution in [3.05, 3.63) is 18.2 Å². The number of aromatic nitrogens is 2. The molecule has 1 aromatic rings. The van der Waals surface area contributed by atoms with Crippen LogP contribution in [0.4, 0.5) is 0 Å². The Hall–Kier alpha value is -0.920. The van der Waals surface area contributed by atoms with Gasteiger partial charge in [0.25, 0.3) is 0 Å². The van der Waals surface area contributed by atoms with Crippen molar-refractivity contribution in [2.75, 3.05) is 18.8 Å². The van der Waals surface area contributed by atoms with Gasteiger partial charge in [-0.05, 0) is 13.0 Å². The summed E-state index contributed by atoms with van der Waals surface area (Å²) in [4.78, 5) is 6.99. The number of aromatic amines is 1. The summed E-state index contributed by atoms with van der Waals surface area (Å²) < 4.78 is 26.2. The normalized spacial score (nSPS) is 13.8. The van der Waals surface area contributed by atoms with Crippen molar-refractivity contribution in [2.24, 2.45) is 0 Å². The lowest BCUT2D eigenvalue weighted by atomic mass is 10.2. The maximum Gasteiger partial charge on any atom is 0.213 e. The first-order valence-corrected chi connectivity index (χ1v) is 7.44. The largest absolute Gasteiger partial charge is 0.347 e. The summed E-state index contributed by atoms with van der Waals surface area (Å²) in [6.07, 6.45) is 3.96. The molecule has 0 fully saturated rings. The zero-order chi connectivity index (χ0) is 12.7. The fourth-order valence-electron chi connectivity index (χ4n) is 1.46. The van der Waals surface area contributed by atoms with Gasteiger partial charge in [-0.1, -0.05) is 13.8 Å². The van der Waals surface area contributed by atoms with Crippen LogP contribution >= 0.6 is 0 Å². The Labute approximate surface area is 102 Å². The van der Waals surface area contributed by atoms with Gasteiger partial charge in [0.1, 0.15) is 5.82 Å². The molecule has 7 heteroatoms. The molecule has 0 radical (unpaired) electrons. The van der Waals surface area contributed by atoms with Crippen molar-refractivity contribution in [3.8, 4) is 0 Å². The average molecular weight is 260 g/mol. The minimum atomic E-state index is -3.26. The van der Waals surface area contributed by atoms with Crippen LogP contribution in [0.25, 0.3) is 0 Å². The van der Waals surface area contributed by atoms with Gasteiger partial charge in [0.05, 0.1) is 11.8 Å². The van der Waals surface area contributed by atoms with E-state index < -0.39 is 10.0 Å². The zero-order valence-corrected chi connectivity index (χ0v) is 11.0. The van der Waals surface area contributed by atoms with Gasteiger partial charge in [0.15, 0.2) is 0 Å². The molecular formula is C10H20N4O2S. The van der Waals surface area contributed by atoms with Crippen LogP contribution in [0.1, 0.15) is 32.1 Å². The third kappa shape index (κ3) is 4.84. The van der Waals surface area contributed by atoms with E-state index in [1.165, 1.54) is 0 Å². The number of imidazole rings is 1. The molecule has 3 N–H and O–H groups in total. The predicted molar refractivity (Wildman–Crippen MR) is 67.1 cm³/mol. The second-order valence-electron chi connectivity index (χ2n) is 3.73. The van der Waals surface area contributed by atoms with Crippen LogP contribution in [0.5, 0.6) is 0 Å². The lowest BCUT2D eigenvalue weighted by molar-refractivity contribution is 0.537. The number of sulfonamides is 1. The van der Waals surface area contributed by atoms with Gasteiger partial charge in [-0.25, -0.2) is 18.1 Å². The van der Waals surface area contributed by atoms with Crippen molar-refractivity contribution in [1.29, 1.82) is 0 Å². The standard InChI is InChI=1S/C10H20N4O2S/c1-3-9(10-12-5-6-13-10)14-17(15,16)8-7-11-4-2/h5-6,9,11,14H,3-4,7-8H2,1-2H3,(H,12,13). The molecule has 1 aromatic heterocycles. The summed E-state index contributed by atoms with van der Waals surface area (Å²) >= 11 is 0. The smallest absolute Gasteiger partial charge is 0.213 e. The average Bonchev–Trinajstić information content (AvgIpc) is 2.79. The summed E-state index contributed by atoms with van der Waals surface area (Å²) in [5.74, 6) is 0.734. The lowest BCUT2D eigenvalue weighted by Crippen LogP contribution is -2.34. The van der Waals surface area contributed by atoms with Gasteiger partial charge >= 0.3 is 0 Å². The van der Waals surface area contributed by atoms with E-state index in [1.807, 2.05) is 13.8 Å². The SMILES string of the molecule is CCNCCS(=O)(=O)NC(CC)c1ncc[nH]1.